The van der Waals surface area contributed by atoms with E-state index in [0.29, 0.717) is 10.6 Å². The topological polar surface area (TPSA) is 113 Å². The molecule has 3 aromatic carbocycles. The first-order valence-corrected chi connectivity index (χ1v) is 14.0. The van der Waals surface area contributed by atoms with Crippen LogP contribution in [-0.2, 0) is 25.7 Å². The second kappa shape index (κ2) is 10.3. The molecule has 0 saturated carbocycles. The number of para-hydroxylation sites is 2. The van der Waals surface area contributed by atoms with Crippen LogP contribution in [0, 0.1) is 11.2 Å². The summed E-state index contributed by atoms with van der Waals surface area (Å²) < 4.78 is 21.2. The van der Waals surface area contributed by atoms with Gasteiger partial charge in [0.2, 0.25) is 0 Å². The number of anilines is 2. The van der Waals surface area contributed by atoms with Crippen LogP contribution in [0.3, 0.4) is 0 Å². The normalized spacial score (nSPS) is 21.0. The van der Waals surface area contributed by atoms with Gasteiger partial charge in [0.25, 0.3) is 11.5 Å². The van der Waals surface area contributed by atoms with Crippen LogP contribution in [0.1, 0.15) is 42.6 Å². The molecule has 6 rings (SSSR count). The number of ether oxygens (including phenoxy) is 1. The zero-order valence-electron chi connectivity index (χ0n) is 23.2. The summed E-state index contributed by atoms with van der Waals surface area (Å²) in [6.45, 7) is 3.30. The van der Waals surface area contributed by atoms with Crippen LogP contribution in [0.25, 0.3) is 0 Å². The first-order valence-electron chi connectivity index (χ1n) is 13.6. The summed E-state index contributed by atoms with van der Waals surface area (Å²) in [4.78, 5) is 57.8. The van der Waals surface area contributed by atoms with Gasteiger partial charge in [-0.25, -0.2) is 9.18 Å². The quantitative estimate of drug-likeness (QED) is 0.283. The van der Waals surface area contributed by atoms with Crippen molar-refractivity contribution >= 4 is 46.4 Å². The lowest BCUT2D eigenvalue weighted by Crippen LogP contribution is -2.48. The average Bonchev–Trinajstić information content (AvgIpc) is 3.38. The van der Waals surface area contributed by atoms with Gasteiger partial charge in [0.15, 0.2) is 11.6 Å². The molecule has 218 valence electrons. The third-order valence-corrected chi connectivity index (χ3v) is 8.16. The van der Waals surface area contributed by atoms with E-state index >= 15 is 4.39 Å². The zero-order valence-corrected chi connectivity index (χ0v) is 24.0. The number of allylic oxidation sites excluding steroid dienone is 1. The van der Waals surface area contributed by atoms with E-state index in [1.54, 1.807) is 30.3 Å². The van der Waals surface area contributed by atoms with E-state index in [9.17, 15) is 24.3 Å². The van der Waals surface area contributed by atoms with Crippen LogP contribution in [-0.4, -0.2) is 34.2 Å². The number of hydrogen-bond donors (Lipinski definition) is 2. The third kappa shape index (κ3) is 4.47. The van der Waals surface area contributed by atoms with Gasteiger partial charge in [-0.3, -0.25) is 19.3 Å². The number of amides is 1. The van der Waals surface area contributed by atoms with Crippen LogP contribution in [0.5, 0.6) is 0 Å². The first-order chi connectivity index (χ1) is 20.5. The molecule has 3 aliphatic rings. The van der Waals surface area contributed by atoms with Crippen molar-refractivity contribution in [2.24, 2.45) is 5.41 Å². The van der Waals surface area contributed by atoms with E-state index in [1.165, 1.54) is 42.5 Å². The van der Waals surface area contributed by atoms with Crippen molar-refractivity contribution in [2.75, 3.05) is 10.2 Å². The average molecular weight is 601 g/mol. The number of halogens is 2. The number of rotatable bonds is 6. The van der Waals surface area contributed by atoms with Crippen molar-refractivity contribution in [1.82, 2.24) is 0 Å². The number of nitrogens with zero attached hydrogens (tertiary/aromatic N) is 1. The van der Waals surface area contributed by atoms with E-state index in [2.05, 4.69) is 5.32 Å². The Balaban J connectivity index is 1.65. The highest BCUT2D eigenvalue weighted by atomic mass is 35.5. The van der Waals surface area contributed by atoms with Crippen molar-refractivity contribution in [3.63, 3.8) is 0 Å². The summed E-state index contributed by atoms with van der Waals surface area (Å²) in [7, 11) is 0. The molecule has 1 atom stereocenters. The Morgan fingerprint density at radius 2 is 1.67 bits per heavy atom. The van der Waals surface area contributed by atoms with Gasteiger partial charge in [0.1, 0.15) is 11.5 Å². The molecule has 0 fully saturated rings. The largest absolute Gasteiger partial charge is 0.434 e. The number of benzene rings is 3. The Labute approximate surface area is 251 Å². The molecule has 43 heavy (non-hydrogen) atoms. The van der Waals surface area contributed by atoms with Gasteiger partial charge in [0, 0.05) is 34.0 Å². The highest BCUT2D eigenvalue weighted by Crippen LogP contribution is 2.55. The molecule has 2 heterocycles. The van der Waals surface area contributed by atoms with Gasteiger partial charge < -0.3 is 15.2 Å². The summed E-state index contributed by atoms with van der Waals surface area (Å²) in [6, 6.07) is 18.0. The van der Waals surface area contributed by atoms with Gasteiger partial charge in [-0.15, -0.1) is 0 Å². The summed E-state index contributed by atoms with van der Waals surface area (Å²) in [6.07, 6.45) is 0.175. The summed E-state index contributed by atoms with van der Waals surface area (Å²) in [5.74, 6) is -4.00. The smallest absolute Gasteiger partial charge is 0.357 e. The Morgan fingerprint density at radius 3 is 2.37 bits per heavy atom. The number of Topliss-reactive ketones (excluding diaryl/α,β-unsaturated/α-hetero) is 2. The second-order valence-corrected chi connectivity index (χ2v) is 11.9. The Morgan fingerprint density at radius 1 is 1.00 bits per heavy atom. The molecular weight excluding hydrogens is 575 g/mol. The second-order valence-electron chi connectivity index (χ2n) is 11.5. The number of fused-ring (bicyclic) bond motifs is 1. The number of carbonyl (C=O) groups excluding carboxylic acids is 4. The number of hydrogen-bond acceptors (Lipinski definition) is 7. The number of nitrogens with one attached hydrogen (secondary N) is 1. The highest BCUT2D eigenvalue weighted by Gasteiger charge is 2.68. The summed E-state index contributed by atoms with van der Waals surface area (Å²) in [5.41, 5.74) is -3.22. The maximum Gasteiger partial charge on any atom is 0.357 e. The lowest BCUT2D eigenvalue weighted by molar-refractivity contribution is -0.152. The summed E-state index contributed by atoms with van der Waals surface area (Å²) in [5, 5.41) is 13.2. The van der Waals surface area contributed by atoms with Crippen LogP contribution in [0.2, 0.25) is 5.02 Å². The molecule has 0 bridgehead atoms. The van der Waals surface area contributed by atoms with E-state index < -0.39 is 45.8 Å². The predicted octanol–water partition coefficient (Wildman–Crippen LogP) is 5.51. The van der Waals surface area contributed by atoms with Gasteiger partial charge in [-0.05, 0) is 54.3 Å². The van der Waals surface area contributed by atoms with Crippen LogP contribution in [0.4, 0.5) is 15.8 Å². The standard InChI is InChI=1S/C33H26ClFN2O6/c1-32(2)15-24-26(25(39)16-32)33(31(42)37(24)23-10-6-4-8-21(23)35)27(29(40)18-11-13-20(34)14-12-18)28(30(41)43-33)36-22-9-5-3-7-19(22)17-38/h3-14,36,38H,15-17H2,1-2H3. The minimum atomic E-state index is -2.48. The molecule has 3 aromatic rings. The zero-order chi connectivity index (χ0) is 30.7. The van der Waals surface area contributed by atoms with Gasteiger partial charge in [-0.2, -0.15) is 0 Å². The minimum Gasteiger partial charge on any atom is -0.434 e. The van der Waals surface area contributed by atoms with Crippen molar-refractivity contribution < 1.29 is 33.4 Å². The monoisotopic (exact) mass is 600 g/mol. The number of carbonyl (C=O) groups is 4. The Bertz CT molecular complexity index is 1790. The fourth-order valence-electron chi connectivity index (χ4n) is 6.05. The molecular formula is C33H26ClFN2O6. The SMILES string of the molecule is CC1(C)CC(=O)C2=C(C1)N(c1ccccc1F)C(=O)C21OC(=O)C(Nc2ccccc2CO)=C1C(=O)c1ccc(Cl)cc1. The van der Waals surface area contributed by atoms with Crippen LogP contribution in [0.15, 0.2) is 95.3 Å². The lowest BCUT2D eigenvalue weighted by Gasteiger charge is -2.33. The molecule has 1 spiro atoms. The number of esters is 1. The van der Waals surface area contributed by atoms with Crippen molar-refractivity contribution in [2.45, 2.75) is 38.9 Å². The molecule has 2 aliphatic heterocycles. The van der Waals surface area contributed by atoms with Crippen molar-refractivity contribution in [3.8, 4) is 0 Å². The number of aliphatic hydroxyl groups is 1. The van der Waals surface area contributed by atoms with Crippen LogP contribution >= 0.6 is 11.6 Å². The van der Waals surface area contributed by atoms with E-state index in [4.69, 9.17) is 16.3 Å². The first kappa shape index (κ1) is 28.5. The minimum absolute atomic E-state index is 0.00203. The Kier molecular flexibility index (Phi) is 6.82. The van der Waals surface area contributed by atoms with Gasteiger partial charge in [0.05, 0.1) is 23.4 Å². The van der Waals surface area contributed by atoms with Crippen molar-refractivity contribution in [3.05, 3.63) is 117 Å². The number of ketones is 2. The predicted molar refractivity (Wildman–Crippen MR) is 157 cm³/mol. The number of aliphatic hydroxyl groups excluding tert-OH is 1. The fraction of sp³-hybridized carbons (Fsp3) is 0.212. The molecule has 1 aliphatic carbocycles. The van der Waals surface area contributed by atoms with Crippen molar-refractivity contribution in [1.29, 1.82) is 0 Å². The Hall–Kier alpha value is -4.60. The molecule has 8 nitrogen and oxygen atoms in total. The van der Waals surface area contributed by atoms with E-state index in [0.717, 1.165) is 4.90 Å². The van der Waals surface area contributed by atoms with Gasteiger partial charge >= 0.3 is 5.97 Å². The summed E-state index contributed by atoms with van der Waals surface area (Å²) >= 11 is 6.06. The molecule has 10 heteroatoms. The molecule has 1 amide bonds. The maximum atomic E-state index is 15.3. The van der Waals surface area contributed by atoms with E-state index in [1.807, 2.05) is 13.8 Å². The molecule has 0 saturated heterocycles. The molecule has 0 radical (unpaired) electrons. The molecule has 2 N–H and O–H groups in total. The van der Waals surface area contributed by atoms with E-state index in [-0.39, 0.29) is 53.4 Å². The molecule has 0 aromatic heterocycles. The fourth-order valence-corrected chi connectivity index (χ4v) is 6.17. The van der Waals surface area contributed by atoms with Gasteiger partial charge in [-0.1, -0.05) is 55.8 Å². The molecule has 1 unspecified atom stereocenters. The third-order valence-electron chi connectivity index (χ3n) is 7.90. The van der Waals surface area contributed by atoms with Crippen LogP contribution < -0.4 is 10.2 Å². The maximum absolute atomic E-state index is 15.3. The lowest BCUT2D eigenvalue weighted by atomic mass is 9.71. The highest BCUT2D eigenvalue weighted by molar-refractivity contribution is 6.32.